The molecule has 0 aliphatic carbocycles. The van der Waals surface area contributed by atoms with E-state index in [-0.39, 0.29) is 106 Å². The van der Waals surface area contributed by atoms with Crippen LogP contribution in [-0.4, -0.2) is 51.7 Å². The summed E-state index contributed by atoms with van der Waals surface area (Å²) in [5, 5.41) is 0. The van der Waals surface area contributed by atoms with Crippen LogP contribution in [0.15, 0.2) is 0 Å². The Labute approximate surface area is 104 Å². The predicted octanol–water partition coefficient (Wildman–Crippen LogP) is -2.37. The molecule has 4 heteroatoms. The monoisotopic (exact) mass is 464 g/mol. The van der Waals surface area contributed by atoms with Crippen LogP contribution < -0.4 is 0 Å². The Kier molecular flexibility index (Phi) is 102. The third-order valence-corrected chi connectivity index (χ3v) is 0. The Bertz CT molecular complexity index is 4.00. The van der Waals surface area contributed by atoms with Gasteiger partial charge in [-0.25, -0.2) is 0 Å². The van der Waals surface area contributed by atoms with Crippen LogP contribution in [0.4, 0.5) is 0 Å². The standard InChI is InChI=1S/2Cd.2In.6H. The van der Waals surface area contributed by atoms with Crippen LogP contribution in [0, 0.1) is 0 Å². The molecular weight excluding hydrogens is 454 g/mol. The fourth-order valence-electron chi connectivity index (χ4n) is 0. The molecule has 0 bridgehead atoms. The van der Waals surface area contributed by atoms with Gasteiger partial charge in [-0.1, -0.05) is 0 Å². The van der Waals surface area contributed by atoms with E-state index in [0.717, 1.165) is 0 Å². The van der Waals surface area contributed by atoms with Crippen molar-refractivity contribution in [2.24, 2.45) is 0 Å². The van der Waals surface area contributed by atoms with E-state index in [1.807, 2.05) is 0 Å². The zero-order valence-corrected chi connectivity index (χ0v) is 9.49. The van der Waals surface area contributed by atoms with Crippen molar-refractivity contribution in [3.63, 3.8) is 0 Å². The van der Waals surface area contributed by atoms with Crippen molar-refractivity contribution >= 4 is 51.7 Å². The number of hydrogen-bond donors (Lipinski definition) is 0. The number of hydrogen-bond acceptors (Lipinski definition) is 0. The van der Waals surface area contributed by atoms with Crippen molar-refractivity contribution in [1.82, 2.24) is 0 Å². The van der Waals surface area contributed by atoms with Gasteiger partial charge in [0, 0.05) is 54.6 Å². The molecule has 0 spiro atoms. The van der Waals surface area contributed by atoms with Crippen molar-refractivity contribution in [2.75, 3.05) is 0 Å². The molecule has 0 N–H and O–H groups in total. The predicted molar refractivity (Wildman–Crippen MR) is 19.9 cm³/mol. The summed E-state index contributed by atoms with van der Waals surface area (Å²) in [4.78, 5) is 0. The molecule has 0 aromatic heterocycles. The van der Waals surface area contributed by atoms with Crippen molar-refractivity contribution in [3.8, 4) is 0 Å². The van der Waals surface area contributed by atoms with E-state index in [4.69, 9.17) is 0 Å². The van der Waals surface area contributed by atoms with E-state index in [9.17, 15) is 0 Å². The molecule has 0 unspecified atom stereocenters. The topological polar surface area (TPSA) is 0 Å². The van der Waals surface area contributed by atoms with Crippen molar-refractivity contribution in [3.05, 3.63) is 0 Å². The van der Waals surface area contributed by atoms with Crippen LogP contribution in [0.5, 0.6) is 0 Å². The summed E-state index contributed by atoms with van der Waals surface area (Å²) in [6.45, 7) is 0. The van der Waals surface area contributed by atoms with E-state index < -0.39 is 0 Å². The normalized spacial score (nSPS) is 0. The van der Waals surface area contributed by atoms with Crippen LogP contribution >= 0.6 is 0 Å². The fourth-order valence-corrected chi connectivity index (χ4v) is 0. The molecular formula is H6Cd2In2. The summed E-state index contributed by atoms with van der Waals surface area (Å²) >= 11 is 0. The van der Waals surface area contributed by atoms with Gasteiger partial charge in [0.1, 0.15) is 0 Å². The molecule has 0 atom stereocenters. The first-order chi connectivity index (χ1) is 0. The molecule has 0 saturated carbocycles. The van der Waals surface area contributed by atoms with Gasteiger partial charge in [0.05, 0.1) is 0 Å². The molecule has 0 heterocycles. The minimum absolute atomic E-state index is 0. The van der Waals surface area contributed by atoms with Gasteiger partial charge in [0.15, 0.2) is 0 Å². The molecule has 0 aliphatic heterocycles. The molecule has 0 amide bonds. The molecule has 0 nitrogen and oxygen atoms in total. The van der Waals surface area contributed by atoms with E-state index in [1.54, 1.807) is 0 Å². The molecule has 0 radical (unpaired) electrons. The van der Waals surface area contributed by atoms with Crippen LogP contribution in [-0.2, 0) is 54.6 Å². The summed E-state index contributed by atoms with van der Waals surface area (Å²) in [5.74, 6) is 0. The van der Waals surface area contributed by atoms with Crippen molar-refractivity contribution in [2.45, 2.75) is 0 Å². The van der Waals surface area contributed by atoms with E-state index >= 15 is 0 Å². The zero-order valence-electron chi connectivity index (χ0n) is 1.41. The van der Waals surface area contributed by atoms with E-state index in [1.165, 1.54) is 0 Å². The summed E-state index contributed by atoms with van der Waals surface area (Å²) < 4.78 is 0. The Hall–Kier alpha value is 3.58. The Morgan fingerprint density at radius 3 is 0.500 bits per heavy atom. The van der Waals surface area contributed by atoms with Gasteiger partial charge in [-0.3, -0.25) is 0 Å². The second kappa shape index (κ2) is 16.0. The maximum absolute atomic E-state index is 0. The first-order valence-corrected chi connectivity index (χ1v) is 0. The average molecular weight is 461 g/mol. The van der Waals surface area contributed by atoms with Crippen LogP contribution in [0.2, 0.25) is 0 Å². The van der Waals surface area contributed by atoms with Gasteiger partial charge in [-0.15, -0.1) is 0 Å². The van der Waals surface area contributed by atoms with Gasteiger partial charge in [0.25, 0.3) is 0 Å². The molecule has 0 aromatic rings. The molecule has 0 aromatic carbocycles. The van der Waals surface area contributed by atoms with Gasteiger partial charge >= 0.3 is 51.7 Å². The first-order valence-electron chi connectivity index (χ1n) is 0. The Morgan fingerprint density at radius 1 is 0.500 bits per heavy atom. The van der Waals surface area contributed by atoms with E-state index in [0.29, 0.717) is 0 Å². The molecule has 0 saturated heterocycles. The summed E-state index contributed by atoms with van der Waals surface area (Å²) in [7, 11) is 0. The third-order valence-electron chi connectivity index (χ3n) is 0. The first kappa shape index (κ1) is 25.6. The second-order valence-corrected chi connectivity index (χ2v) is 0. The zero-order chi connectivity index (χ0) is 0. The third kappa shape index (κ3) is 9.14. The van der Waals surface area contributed by atoms with Crippen molar-refractivity contribution < 1.29 is 54.6 Å². The summed E-state index contributed by atoms with van der Waals surface area (Å²) in [5.41, 5.74) is 0. The Balaban J connectivity index is 0. The maximum atomic E-state index is 0. The van der Waals surface area contributed by atoms with Crippen LogP contribution in [0.3, 0.4) is 0 Å². The molecule has 0 aliphatic rings. The average Bonchev–Trinajstić information content (AvgIpc) is 0. The summed E-state index contributed by atoms with van der Waals surface area (Å²) in [6.07, 6.45) is 0. The Morgan fingerprint density at radius 2 is 0.500 bits per heavy atom. The van der Waals surface area contributed by atoms with E-state index in [2.05, 4.69) is 0 Å². The van der Waals surface area contributed by atoms with Gasteiger partial charge in [-0.2, -0.15) is 0 Å². The van der Waals surface area contributed by atoms with Gasteiger partial charge in [0.2, 0.25) is 0 Å². The number of rotatable bonds is 0. The molecule has 0 fully saturated rings. The van der Waals surface area contributed by atoms with Gasteiger partial charge in [-0.05, 0) is 0 Å². The summed E-state index contributed by atoms with van der Waals surface area (Å²) in [6, 6.07) is 0. The van der Waals surface area contributed by atoms with Crippen LogP contribution in [0.1, 0.15) is 0 Å². The molecule has 0 rings (SSSR count). The molecule has 4 heavy (non-hydrogen) atoms. The van der Waals surface area contributed by atoms with Crippen LogP contribution in [0.25, 0.3) is 0 Å². The molecule has 16 valence electrons. The second-order valence-electron chi connectivity index (χ2n) is 0. The fraction of sp³-hybridized carbons (Fsp3) is 0. The SMILES string of the molecule is [Cd].[Cd].[InH3].[InH3]. The van der Waals surface area contributed by atoms with Gasteiger partial charge < -0.3 is 0 Å². The minimum atomic E-state index is 0. The van der Waals surface area contributed by atoms with Crippen molar-refractivity contribution in [1.29, 1.82) is 0 Å². The quantitative estimate of drug-likeness (QED) is 0.355.